The third-order valence-electron chi connectivity index (χ3n) is 2.44. The lowest BCUT2D eigenvalue weighted by Crippen LogP contribution is -1.85. The molecule has 17 heavy (non-hydrogen) atoms. The van der Waals surface area contributed by atoms with Crippen molar-refractivity contribution in [2.45, 2.75) is 18.7 Å². The van der Waals surface area contributed by atoms with Crippen LogP contribution in [0.1, 0.15) is 12.6 Å². The lowest BCUT2D eigenvalue weighted by atomic mass is 10.2. The van der Waals surface area contributed by atoms with E-state index in [1.807, 2.05) is 25.7 Å². The van der Waals surface area contributed by atoms with Gasteiger partial charge in [0.05, 0.1) is 5.69 Å². The minimum absolute atomic E-state index is 1.07. The van der Waals surface area contributed by atoms with Crippen LogP contribution in [-0.4, -0.2) is 17.8 Å². The molecule has 2 aromatic rings. The number of nitrogens with zero attached hydrogens (tertiary/aromatic N) is 1. The van der Waals surface area contributed by atoms with E-state index in [0.29, 0.717) is 0 Å². The van der Waals surface area contributed by atoms with E-state index >= 15 is 0 Å². The highest BCUT2D eigenvalue weighted by Gasteiger charge is 2.07. The number of anilines is 1. The Hall–Kier alpha value is -1.00. The molecule has 0 atom stereocenters. The Kier molecular flexibility index (Phi) is 4.07. The van der Waals surface area contributed by atoms with Gasteiger partial charge in [0.1, 0.15) is 10.0 Å². The summed E-state index contributed by atoms with van der Waals surface area (Å²) in [4.78, 5) is 5.89. The molecular formula is C13H16N2S2. The van der Waals surface area contributed by atoms with Crippen LogP contribution in [0.4, 0.5) is 5.00 Å². The minimum Gasteiger partial charge on any atom is -0.378 e. The summed E-state index contributed by atoms with van der Waals surface area (Å²) in [5.74, 6) is 1.11. The zero-order valence-electron chi connectivity index (χ0n) is 10.3. The van der Waals surface area contributed by atoms with Crippen LogP contribution in [0.3, 0.4) is 0 Å². The molecule has 2 nitrogen and oxygen atoms in total. The zero-order chi connectivity index (χ0) is 12.3. The van der Waals surface area contributed by atoms with E-state index in [1.54, 1.807) is 11.3 Å². The van der Waals surface area contributed by atoms with Gasteiger partial charge < -0.3 is 5.32 Å². The summed E-state index contributed by atoms with van der Waals surface area (Å²) < 4.78 is 0. The summed E-state index contributed by atoms with van der Waals surface area (Å²) in [6, 6.07) is 8.63. The van der Waals surface area contributed by atoms with Crippen molar-refractivity contribution >= 4 is 28.1 Å². The number of hydrogen-bond acceptors (Lipinski definition) is 4. The van der Waals surface area contributed by atoms with Gasteiger partial charge in [-0.25, -0.2) is 4.98 Å². The van der Waals surface area contributed by atoms with Gasteiger partial charge >= 0.3 is 0 Å². The van der Waals surface area contributed by atoms with E-state index in [1.165, 1.54) is 10.5 Å². The molecule has 4 heteroatoms. The maximum Gasteiger partial charge on any atom is 0.125 e. The van der Waals surface area contributed by atoms with Gasteiger partial charge in [-0.3, -0.25) is 0 Å². The fourth-order valence-electron chi connectivity index (χ4n) is 1.61. The van der Waals surface area contributed by atoms with E-state index in [9.17, 15) is 0 Å². The number of hydrogen-bond donors (Lipinski definition) is 1. The zero-order valence-corrected chi connectivity index (χ0v) is 11.9. The Bertz CT molecular complexity index is 489. The van der Waals surface area contributed by atoms with Gasteiger partial charge in [0, 0.05) is 17.5 Å². The number of thiazole rings is 1. The normalized spacial score (nSPS) is 10.5. The van der Waals surface area contributed by atoms with Crippen LogP contribution in [-0.2, 0) is 0 Å². The Morgan fingerprint density at radius 2 is 2.00 bits per heavy atom. The number of aryl methyl sites for hydroxylation is 1. The molecule has 0 aliphatic carbocycles. The lowest BCUT2D eigenvalue weighted by molar-refractivity contribution is 1.26. The Morgan fingerprint density at radius 3 is 2.53 bits per heavy atom. The van der Waals surface area contributed by atoms with Crippen molar-refractivity contribution in [3.8, 4) is 10.6 Å². The van der Waals surface area contributed by atoms with Gasteiger partial charge in [-0.05, 0) is 24.8 Å². The highest BCUT2D eigenvalue weighted by atomic mass is 32.2. The van der Waals surface area contributed by atoms with Crippen LogP contribution in [0.15, 0.2) is 29.2 Å². The van der Waals surface area contributed by atoms with Crippen LogP contribution in [0, 0.1) is 6.92 Å². The Balaban J connectivity index is 2.26. The van der Waals surface area contributed by atoms with Crippen LogP contribution >= 0.6 is 23.1 Å². The average molecular weight is 264 g/mol. The van der Waals surface area contributed by atoms with Gasteiger partial charge in [0.15, 0.2) is 0 Å². The molecule has 0 aliphatic rings. The molecular weight excluding hydrogens is 248 g/mol. The lowest BCUT2D eigenvalue weighted by Gasteiger charge is -1.99. The van der Waals surface area contributed by atoms with E-state index in [-0.39, 0.29) is 0 Å². The van der Waals surface area contributed by atoms with Crippen LogP contribution in [0.2, 0.25) is 0 Å². The van der Waals surface area contributed by atoms with Crippen molar-refractivity contribution in [3.63, 3.8) is 0 Å². The predicted octanol–water partition coefficient (Wildman–Crippen LogP) is 4.27. The molecule has 0 amide bonds. The van der Waals surface area contributed by atoms with Crippen molar-refractivity contribution in [1.29, 1.82) is 0 Å². The summed E-state index contributed by atoms with van der Waals surface area (Å²) in [5, 5.41) is 5.40. The highest BCUT2D eigenvalue weighted by Crippen LogP contribution is 2.32. The predicted molar refractivity (Wildman–Crippen MR) is 78.2 cm³/mol. The van der Waals surface area contributed by atoms with Crippen molar-refractivity contribution in [3.05, 3.63) is 30.0 Å². The van der Waals surface area contributed by atoms with Gasteiger partial charge in [0.25, 0.3) is 0 Å². The van der Waals surface area contributed by atoms with Gasteiger partial charge in [-0.2, -0.15) is 0 Å². The minimum atomic E-state index is 1.07. The number of nitrogens with one attached hydrogen (secondary N) is 1. The van der Waals surface area contributed by atoms with E-state index in [0.717, 1.165) is 21.5 Å². The molecule has 0 saturated carbocycles. The summed E-state index contributed by atoms with van der Waals surface area (Å²) in [5.41, 5.74) is 2.26. The van der Waals surface area contributed by atoms with Crippen molar-refractivity contribution in [2.75, 3.05) is 18.1 Å². The molecule has 2 rings (SSSR count). The smallest absolute Gasteiger partial charge is 0.125 e. The molecule has 1 heterocycles. The third kappa shape index (κ3) is 2.82. The van der Waals surface area contributed by atoms with E-state index in [4.69, 9.17) is 0 Å². The summed E-state index contributed by atoms with van der Waals surface area (Å²) in [6.07, 6.45) is 0. The number of aromatic nitrogens is 1. The first kappa shape index (κ1) is 12.5. The molecule has 0 saturated heterocycles. The second-order valence-corrected chi connectivity index (χ2v) is 5.98. The number of thioether (sulfide) groups is 1. The van der Waals surface area contributed by atoms with Crippen LogP contribution < -0.4 is 5.32 Å². The van der Waals surface area contributed by atoms with E-state index in [2.05, 4.69) is 41.5 Å². The van der Waals surface area contributed by atoms with Gasteiger partial charge in [-0.15, -0.1) is 11.8 Å². The molecule has 0 unspecified atom stereocenters. The maximum atomic E-state index is 4.58. The molecule has 0 radical (unpaired) electrons. The van der Waals surface area contributed by atoms with Crippen LogP contribution in [0.25, 0.3) is 10.6 Å². The van der Waals surface area contributed by atoms with E-state index < -0.39 is 0 Å². The quantitative estimate of drug-likeness (QED) is 0.835. The first-order valence-corrected chi connectivity index (χ1v) is 7.43. The summed E-state index contributed by atoms with van der Waals surface area (Å²) in [7, 11) is 1.94. The average Bonchev–Trinajstić information content (AvgIpc) is 2.72. The molecule has 1 N–H and O–H groups in total. The van der Waals surface area contributed by atoms with Gasteiger partial charge in [-0.1, -0.05) is 30.4 Å². The van der Waals surface area contributed by atoms with Crippen molar-refractivity contribution < 1.29 is 0 Å². The van der Waals surface area contributed by atoms with Crippen LogP contribution in [0.5, 0.6) is 0 Å². The number of benzene rings is 1. The summed E-state index contributed by atoms with van der Waals surface area (Å²) >= 11 is 3.57. The molecule has 0 aliphatic heterocycles. The molecule has 0 fully saturated rings. The Labute approximate surface area is 110 Å². The first-order chi connectivity index (χ1) is 8.24. The first-order valence-electron chi connectivity index (χ1n) is 5.63. The highest BCUT2D eigenvalue weighted by molar-refractivity contribution is 7.99. The largest absolute Gasteiger partial charge is 0.378 e. The fraction of sp³-hybridized carbons (Fsp3) is 0.308. The SMILES string of the molecule is CCSc1ccc(-c2nc(C)c(NC)s2)cc1. The molecule has 1 aromatic heterocycles. The molecule has 90 valence electrons. The fourth-order valence-corrected chi connectivity index (χ4v) is 3.20. The summed E-state index contributed by atoms with van der Waals surface area (Å²) in [6.45, 7) is 4.20. The molecule has 0 spiro atoms. The monoisotopic (exact) mass is 264 g/mol. The molecule has 1 aromatic carbocycles. The van der Waals surface area contributed by atoms with Gasteiger partial charge in [0.2, 0.25) is 0 Å². The maximum absolute atomic E-state index is 4.58. The van der Waals surface area contributed by atoms with Crippen molar-refractivity contribution in [2.24, 2.45) is 0 Å². The Morgan fingerprint density at radius 1 is 1.29 bits per heavy atom. The second-order valence-electron chi connectivity index (χ2n) is 3.64. The van der Waals surface area contributed by atoms with Crippen molar-refractivity contribution in [1.82, 2.24) is 4.98 Å². The third-order valence-corrected chi connectivity index (χ3v) is 4.55. The second kappa shape index (κ2) is 5.56. The number of rotatable bonds is 4. The topological polar surface area (TPSA) is 24.9 Å². The standard InChI is InChI=1S/C13H16N2S2/c1-4-16-11-7-5-10(6-8-11)13-15-9(2)12(14-3)17-13/h5-8,14H,4H2,1-3H3. The molecule has 0 bridgehead atoms.